The van der Waals surface area contributed by atoms with Crippen molar-refractivity contribution in [2.75, 3.05) is 32.1 Å². The lowest BCUT2D eigenvalue weighted by atomic mass is 9.96. The van der Waals surface area contributed by atoms with Gasteiger partial charge in [0.1, 0.15) is 0 Å². The Morgan fingerprint density at radius 3 is 2.92 bits per heavy atom. The Hall–Kier alpha value is 0.400. The van der Waals surface area contributed by atoms with Crippen molar-refractivity contribution in [3.8, 4) is 0 Å². The lowest BCUT2D eigenvalue weighted by molar-refractivity contribution is -0.00277. The number of halogens is 1. The van der Waals surface area contributed by atoms with Crippen LogP contribution in [0.4, 0.5) is 0 Å². The molecule has 12 heavy (non-hydrogen) atoms. The van der Waals surface area contributed by atoms with Crippen LogP contribution in [-0.4, -0.2) is 43.1 Å². The van der Waals surface area contributed by atoms with Crippen molar-refractivity contribution in [3.63, 3.8) is 0 Å². The topological polar surface area (TPSA) is 12.5 Å². The Balaban J connectivity index is 2.33. The van der Waals surface area contributed by atoms with Crippen molar-refractivity contribution in [3.05, 3.63) is 0 Å². The van der Waals surface area contributed by atoms with Crippen LogP contribution in [0.5, 0.6) is 0 Å². The highest BCUT2D eigenvalue weighted by Gasteiger charge is 2.25. The predicted molar refractivity (Wildman–Crippen MR) is 54.8 cm³/mol. The average Bonchev–Trinajstić information content (AvgIpc) is 2.09. The van der Waals surface area contributed by atoms with Crippen LogP contribution in [0.3, 0.4) is 0 Å². The Morgan fingerprint density at radius 1 is 1.58 bits per heavy atom. The van der Waals surface area contributed by atoms with Gasteiger partial charge in [-0.3, -0.25) is 4.90 Å². The van der Waals surface area contributed by atoms with E-state index in [1.54, 1.807) is 0 Å². The first-order chi connectivity index (χ1) is 5.77. The molecule has 0 aromatic rings. The maximum Gasteiger partial charge on any atom is 0.0724 e. The molecular formula is C9H18BrNO. The fraction of sp³-hybridized carbons (Fsp3) is 1.00. The molecule has 1 saturated heterocycles. The van der Waals surface area contributed by atoms with Crippen molar-refractivity contribution in [2.24, 2.45) is 5.92 Å². The summed E-state index contributed by atoms with van der Waals surface area (Å²) in [6.45, 7) is 5.75. The Kier molecular flexibility index (Phi) is 4.54. The highest BCUT2D eigenvalue weighted by molar-refractivity contribution is 9.09. The van der Waals surface area contributed by atoms with Crippen LogP contribution in [0.2, 0.25) is 0 Å². The fourth-order valence-electron chi connectivity index (χ4n) is 1.73. The monoisotopic (exact) mass is 235 g/mol. The molecule has 2 atom stereocenters. The van der Waals surface area contributed by atoms with Gasteiger partial charge >= 0.3 is 0 Å². The van der Waals surface area contributed by atoms with Gasteiger partial charge in [-0.25, -0.2) is 0 Å². The van der Waals surface area contributed by atoms with Crippen molar-refractivity contribution >= 4 is 15.9 Å². The van der Waals surface area contributed by atoms with Gasteiger partial charge < -0.3 is 4.74 Å². The number of nitrogens with zero attached hydrogens (tertiary/aromatic N) is 1. The molecule has 1 aliphatic rings. The second kappa shape index (κ2) is 5.20. The minimum atomic E-state index is 0.442. The summed E-state index contributed by atoms with van der Waals surface area (Å²) >= 11 is 3.46. The van der Waals surface area contributed by atoms with Crippen LogP contribution in [0.1, 0.15) is 13.3 Å². The summed E-state index contributed by atoms with van der Waals surface area (Å²) < 4.78 is 5.42. The molecule has 0 aromatic carbocycles. The van der Waals surface area contributed by atoms with E-state index < -0.39 is 0 Å². The van der Waals surface area contributed by atoms with Crippen LogP contribution >= 0.6 is 15.9 Å². The lowest BCUT2D eigenvalue weighted by Crippen LogP contribution is -2.44. The summed E-state index contributed by atoms with van der Waals surface area (Å²) in [7, 11) is 1.82. The third kappa shape index (κ3) is 2.71. The van der Waals surface area contributed by atoms with E-state index in [0.29, 0.717) is 6.10 Å². The normalized spacial score (nSPS) is 32.2. The molecule has 3 heteroatoms. The summed E-state index contributed by atoms with van der Waals surface area (Å²) in [5.74, 6) is 0.724. The molecule has 1 fully saturated rings. The third-order valence-electron chi connectivity index (χ3n) is 2.68. The van der Waals surface area contributed by atoms with Crippen LogP contribution in [-0.2, 0) is 4.74 Å². The van der Waals surface area contributed by atoms with E-state index in [-0.39, 0.29) is 0 Å². The first-order valence-electron chi connectivity index (χ1n) is 4.59. The number of likely N-dealkylation sites (tertiary alicyclic amines) is 1. The second-order valence-electron chi connectivity index (χ2n) is 3.53. The van der Waals surface area contributed by atoms with E-state index in [1.165, 1.54) is 13.0 Å². The first kappa shape index (κ1) is 10.5. The van der Waals surface area contributed by atoms with Crippen LogP contribution < -0.4 is 0 Å². The Labute approximate surface area is 83.4 Å². The molecule has 0 saturated carbocycles. The molecule has 1 heterocycles. The third-order valence-corrected chi connectivity index (χ3v) is 3.03. The standard InChI is InChI=1S/C9H18BrNO/c1-8-3-5-11(6-4-10)7-9(8)12-2/h8-9H,3-7H2,1-2H3. The van der Waals surface area contributed by atoms with Gasteiger partial charge in [0.05, 0.1) is 6.10 Å². The van der Waals surface area contributed by atoms with Gasteiger partial charge in [-0.05, 0) is 18.9 Å². The van der Waals surface area contributed by atoms with Gasteiger partial charge in [-0.2, -0.15) is 0 Å². The summed E-state index contributed by atoms with van der Waals surface area (Å²) in [5.41, 5.74) is 0. The summed E-state index contributed by atoms with van der Waals surface area (Å²) in [5, 5.41) is 1.07. The predicted octanol–water partition coefficient (Wildman–Crippen LogP) is 1.74. The molecule has 0 aliphatic carbocycles. The molecule has 0 spiro atoms. The van der Waals surface area contributed by atoms with Gasteiger partial charge in [-0.15, -0.1) is 0 Å². The first-order valence-corrected chi connectivity index (χ1v) is 5.71. The molecule has 72 valence electrons. The lowest BCUT2D eigenvalue weighted by Gasteiger charge is -2.35. The van der Waals surface area contributed by atoms with Crippen LogP contribution in [0.25, 0.3) is 0 Å². The van der Waals surface area contributed by atoms with Gasteiger partial charge in [0.15, 0.2) is 0 Å². The number of alkyl halides is 1. The minimum Gasteiger partial charge on any atom is -0.380 e. The second-order valence-corrected chi connectivity index (χ2v) is 4.32. The number of piperidine rings is 1. The van der Waals surface area contributed by atoms with E-state index in [4.69, 9.17) is 4.74 Å². The number of rotatable bonds is 3. The van der Waals surface area contributed by atoms with Gasteiger partial charge in [0.2, 0.25) is 0 Å². The minimum absolute atomic E-state index is 0.442. The van der Waals surface area contributed by atoms with Crippen LogP contribution in [0.15, 0.2) is 0 Å². The Bertz CT molecular complexity index is 132. The largest absolute Gasteiger partial charge is 0.380 e. The Morgan fingerprint density at radius 2 is 2.33 bits per heavy atom. The number of hydrogen-bond donors (Lipinski definition) is 0. The molecule has 0 amide bonds. The summed E-state index contributed by atoms with van der Waals surface area (Å²) in [6, 6.07) is 0. The maximum absolute atomic E-state index is 5.42. The summed E-state index contributed by atoms with van der Waals surface area (Å²) in [6.07, 6.45) is 1.71. The van der Waals surface area contributed by atoms with Gasteiger partial charge in [0, 0.05) is 25.5 Å². The van der Waals surface area contributed by atoms with Crippen molar-refractivity contribution in [1.82, 2.24) is 4.90 Å². The zero-order valence-corrected chi connectivity index (χ0v) is 9.51. The molecule has 1 rings (SSSR count). The van der Waals surface area contributed by atoms with Gasteiger partial charge in [0.25, 0.3) is 0 Å². The fourth-order valence-corrected chi connectivity index (χ4v) is 2.23. The molecule has 0 radical (unpaired) electrons. The van der Waals surface area contributed by atoms with Gasteiger partial charge in [-0.1, -0.05) is 22.9 Å². The zero-order valence-electron chi connectivity index (χ0n) is 7.92. The molecular weight excluding hydrogens is 218 g/mol. The molecule has 2 unspecified atom stereocenters. The van der Waals surface area contributed by atoms with E-state index in [1.807, 2.05) is 7.11 Å². The maximum atomic E-state index is 5.42. The smallest absolute Gasteiger partial charge is 0.0724 e. The van der Waals surface area contributed by atoms with Crippen molar-refractivity contribution < 1.29 is 4.74 Å². The van der Waals surface area contributed by atoms with E-state index in [2.05, 4.69) is 27.8 Å². The quantitative estimate of drug-likeness (QED) is 0.692. The van der Waals surface area contributed by atoms with Crippen molar-refractivity contribution in [1.29, 1.82) is 0 Å². The van der Waals surface area contributed by atoms with E-state index in [9.17, 15) is 0 Å². The summed E-state index contributed by atoms with van der Waals surface area (Å²) in [4.78, 5) is 2.46. The molecule has 0 aromatic heterocycles. The highest BCUT2D eigenvalue weighted by Crippen LogP contribution is 2.18. The SMILES string of the molecule is COC1CN(CCBr)CCC1C. The molecule has 0 N–H and O–H groups in total. The molecule has 1 aliphatic heterocycles. The number of hydrogen-bond acceptors (Lipinski definition) is 2. The number of methoxy groups -OCH3 is 1. The zero-order chi connectivity index (χ0) is 8.97. The van der Waals surface area contributed by atoms with Crippen molar-refractivity contribution in [2.45, 2.75) is 19.4 Å². The average molecular weight is 236 g/mol. The van der Waals surface area contributed by atoms with E-state index >= 15 is 0 Å². The molecule has 2 nitrogen and oxygen atoms in total. The molecule has 0 bridgehead atoms. The van der Waals surface area contributed by atoms with Crippen LogP contribution in [0, 0.1) is 5.92 Å². The van der Waals surface area contributed by atoms with E-state index in [0.717, 1.165) is 24.3 Å². The number of ether oxygens (including phenoxy) is 1. The highest BCUT2D eigenvalue weighted by atomic mass is 79.9.